The lowest BCUT2D eigenvalue weighted by atomic mass is 9.89. The van der Waals surface area contributed by atoms with Gasteiger partial charge in [-0.3, -0.25) is 4.98 Å². The van der Waals surface area contributed by atoms with E-state index in [2.05, 4.69) is 15.2 Å². The molecule has 0 radical (unpaired) electrons. The molecule has 5 heteroatoms. The summed E-state index contributed by atoms with van der Waals surface area (Å²) in [7, 11) is 0. The van der Waals surface area contributed by atoms with Crippen LogP contribution in [0.4, 0.5) is 0 Å². The number of fused-ring (bicyclic) bond motifs is 2. The Morgan fingerprint density at radius 3 is 2.92 bits per heavy atom. The molecular formula is C8H11N3O2. The molecule has 1 aromatic rings. The molecule has 0 amide bonds. The van der Waals surface area contributed by atoms with Crippen molar-refractivity contribution in [2.24, 2.45) is 0 Å². The zero-order valence-corrected chi connectivity index (χ0v) is 7.12. The van der Waals surface area contributed by atoms with Crippen molar-refractivity contribution in [2.45, 2.75) is 37.4 Å². The number of H-pyrrole nitrogens is 2. The van der Waals surface area contributed by atoms with E-state index in [4.69, 9.17) is 4.74 Å². The first-order chi connectivity index (χ1) is 6.33. The minimum atomic E-state index is -0.224. The molecule has 3 rings (SSSR count). The number of nitrogens with zero attached hydrogens (tertiary/aromatic N) is 1. The Kier molecular flexibility index (Phi) is 1.38. The molecule has 1 aromatic heterocycles. The van der Waals surface area contributed by atoms with Gasteiger partial charge in [-0.05, 0) is 19.3 Å². The van der Waals surface area contributed by atoms with Crippen molar-refractivity contribution in [1.82, 2.24) is 15.2 Å². The molecule has 0 aliphatic carbocycles. The summed E-state index contributed by atoms with van der Waals surface area (Å²) in [6.45, 7) is 0. The van der Waals surface area contributed by atoms with Gasteiger partial charge in [0, 0.05) is 5.92 Å². The second-order valence-electron chi connectivity index (χ2n) is 3.78. The fourth-order valence-corrected chi connectivity index (χ4v) is 2.38. The van der Waals surface area contributed by atoms with Gasteiger partial charge in [0.15, 0.2) is 0 Å². The molecule has 2 saturated heterocycles. The number of aromatic nitrogens is 3. The van der Waals surface area contributed by atoms with Crippen LogP contribution in [0, 0.1) is 0 Å². The van der Waals surface area contributed by atoms with Gasteiger partial charge in [0.2, 0.25) is 0 Å². The Balaban J connectivity index is 1.91. The zero-order valence-electron chi connectivity index (χ0n) is 7.12. The third-order valence-electron chi connectivity index (χ3n) is 2.98. The van der Waals surface area contributed by atoms with E-state index < -0.39 is 0 Å². The number of aromatic amines is 2. The van der Waals surface area contributed by atoms with Gasteiger partial charge in [-0.2, -0.15) is 5.10 Å². The lowest BCUT2D eigenvalue weighted by molar-refractivity contribution is 0.0999. The zero-order chi connectivity index (χ0) is 8.84. The molecule has 5 nitrogen and oxygen atoms in total. The second kappa shape index (κ2) is 2.45. The van der Waals surface area contributed by atoms with E-state index in [0.29, 0.717) is 12.0 Å². The maximum Gasteiger partial charge on any atom is 0.340 e. The van der Waals surface area contributed by atoms with E-state index in [1.807, 2.05) is 0 Å². The Hall–Kier alpha value is -1.10. The monoisotopic (exact) mass is 181 g/mol. The predicted octanol–water partition coefficient (Wildman–Crippen LogP) is 0.133. The number of hydrogen-bond donors (Lipinski definition) is 2. The number of rotatable bonds is 1. The van der Waals surface area contributed by atoms with Gasteiger partial charge in [0.1, 0.15) is 5.82 Å². The van der Waals surface area contributed by atoms with Crippen LogP contribution in [-0.2, 0) is 4.74 Å². The molecule has 2 aliphatic rings. The molecule has 2 fully saturated rings. The average Bonchev–Trinajstić information content (AvgIpc) is 2.77. The molecule has 2 N–H and O–H groups in total. The van der Waals surface area contributed by atoms with Gasteiger partial charge < -0.3 is 4.74 Å². The van der Waals surface area contributed by atoms with E-state index in [1.165, 1.54) is 0 Å². The number of ether oxygens (including phenoxy) is 1. The van der Waals surface area contributed by atoms with E-state index in [1.54, 1.807) is 0 Å². The predicted molar refractivity (Wildman–Crippen MR) is 44.5 cm³/mol. The molecule has 2 bridgehead atoms. The Morgan fingerprint density at radius 2 is 2.38 bits per heavy atom. The summed E-state index contributed by atoms with van der Waals surface area (Å²) in [4.78, 5) is 13.5. The van der Waals surface area contributed by atoms with E-state index in [9.17, 15) is 4.79 Å². The highest BCUT2D eigenvalue weighted by atomic mass is 16.5. The van der Waals surface area contributed by atoms with Crippen molar-refractivity contribution in [3.8, 4) is 0 Å². The van der Waals surface area contributed by atoms with Crippen LogP contribution >= 0.6 is 0 Å². The van der Waals surface area contributed by atoms with Gasteiger partial charge in [0.05, 0.1) is 12.2 Å². The van der Waals surface area contributed by atoms with Crippen molar-refractivity contribution in [3.05, 3.63) is 16.3 Å². The first-order valence-electron chi connectivity index (χ1n) is 4.63. The van der Waals surface area contributed by atoms with Crippen LogP contribution in [-0.4, -0.2) is 27.4 Å². The standard InChI is InChI=1S/C8H11N3O2/c12-8-9-7(10-11-8)5-3-4-1-2-6(5)13-4/h4-6H,1-3H2,(H2,9,10,11,12). The van der Waals surface area contributed by atoms with E-state index >= 15 is 0 Å². The second-order valence-corrected chi connectivity index (χ2v) is 3.78. The summed E-state index contributed by atoms with van der Waals surface area (Å²) in [5.74, 6) is 1.06. The van der Waals surface area contributed by atoms with E-state index in [-0.39, 0.29) is 11.8 Å². The third-order valence-corrected chi connectivity index (χ3v) is 2.98. The minimum Gasteiger partial charge on any atom is -0.374 e. The Labute approximate surface area is 74.5 Å². The average molecular weight is 181 g/mol. The van der Waals surface area contributed by atoms with Crippen molar-refractivity contribution in [2.75, 3.05) is 0 Å². The van der Waals surface area contributed by atoms with Gasteiger partial charge in [0.25, 0.3) is 0 Å². The molecular weight excluding hydrogens is 170 g/mol. The highest BCUT2D eigenvalue weighted by Gasteiger charge is 2.42. The molecule has 3 heterocycles. The Bertz CT molecular complexity index is 369. The molecule has 3 unspecified atom stereocenters. The van der Waals surface area contributed by atoms with Crippen LogP contribution in [0.15, 0.2) is 4.79 Å². The summed E-state index contributed by atoms with van der Waals surface area (Å²) in [6, 6.07) is 0. The highest BCUT2D eigenvalue weighted by molar-refractivity contribution is 5.05. The summed E-state index contributed by atoms with van der Waals surface area (Å²) < 4.78 is 5.67. The lowest BCUT2D eigenvalue weighted by Crippen LogP contribution is -2.16. The number of nitrogens with one attached hydrogen (secondary N) is 2. The van der Waals surface area contributed by atoms with Crippen LogP contribution in [0.2, 0.25) is 0 Å². The molecule has 13 heavy (non-hydrogen) atoms. The van der Waals surface area contributed by atoms with Crippen LogP contribution in [0.1, 0.15) is 31.0 Å². The summed E-state index contributed by atoms with van der Waals surface area (Å²) in [5.41, 5.74) is -0.224. The first-order valence-corrected chi connectivity index (χ1v) is 4.63. The fraction of sp³-hybridized carbons (Fsp3) is 0.750. The maximum atomic E-state index is 10.8. The lowest BCUT2D eigenvalue weighted by Gasteiger charge is -2.14. The maximum absolute atomic E-state index is 10.8. The van der Waals surface area contributed by atoms with Crippen LogP contribution < -0.4 is 5.69 Å². The molecule has 2 aliphatic heterocycles. The molecule has 3 atom stereocenters. The Morgan fingerprint density at radius 1 is 1.46 bits per heavy atom. The minimum absolute atomic E-state index is 0.224. The fourth-order valence-electron chi connectivity index (χ4n) is 2.38. The SMILES string of the molecule is O=c1[nH]nc(C2CC3CCC2O3)[nH]1. The number of hydrogen-bond acceptors (Lipinski definition) is 3. The topological polar surface area (TPSA) is 70.8 Å². The smallest absolute Gasteiger partial charge is 0.340 e. The van der Waals surface area contributed by atoms with Gasteiger partial charge in [-0.15, -0.1) is 0 Å². The van der Waals surface area contributed by atoms with Gasteiger partial charge in [-0.1, -0.05) is 0 Å². The summed E-state index contributed by atoms with van der Waals surface area (Å²) in [5, 5.41) is 6.33. The third kappa shape index (κ3) is 1.03. The van der Waals surface area contributed by atoms with Crippen molar-refractivity contribution in [3.63, 3.8) is 0 Å². The molecule has 0 saturated carbocycles. The summed E-state index contributed by atoms with van der Waals surface area (Å²) in [6.07, 6.45) is 3.95. The van der Waals surface area contributed by atoms with Gasteiger partial charge in [-0.25, -0.2) is 9.89 Å². The molecule has 0 spiro atoms. The highest BCUT2D eigenvalue weighted by Crippen LogP contribution is 2.42. The largest absolute Gasteiger partial charge is 0.374 e. The normalized spacial score (nSPS) is 37.1. The van der Waals surface area contributed by atoms with Crippen LogP contribution in [0.5, 0.6) is 0 Å². The molecule has 0 aromatic carbocycles. The van der Waals surface area contributed by atoms with Gasteiger partial charge >= 0.3 is 5.69 Å². The van der Waals surface area contributed by atoms with Crippen LogP contribution in [0.25, 0.3) is 0 Å². The van der Waals surface area contributed by atoms with Crippen molar-refractivity contribution in [1.29, 1.82) is 0 Å². The van der Waals surface area contributed by atoms with Crippen molar-refractivity contribution < 1.29 is 4.74 Å². The van der Waals surface area contributed by atoms with E-state index in [0.717, 1.165) is 25.1 Å². The summed E-state index contributed by atoms with van der Waals surface area (Å²) >= 11 is 0. The van der Waals surface area contributed by atoms with Crippen LogP contribution in [0.3, 0.4) is 0 Å². The van der Waals surface area contributed by atoms with Crippen molar-refractivity contribution >= 4 is 0 Å². The molecule has 70 valence electrons. The quantitative estimate of drug-likeness (QED) is 0.647. The first kappa shape index (κ1) is 7.32.